The van der Waals surface area contributed by atoms with Crippen molar-refractivity contribution in [2.75, 3.05) is 19.6 Å². The molecular formula is C25H26ClN3O2S. The van der Waals surface area contributed by atoms with Gasteiger partial charge in [0.25, 0.3) is 5.91 Å². The molecule has 7 heteroatoms. The summed E-state index contributed by atoms with van der Waals surface area (Å²) >= 11 is 7.54. The van der Waals surface area contributed by atoms with Crippen LogP contribution in [0.2, 0.25) is 5.02 Å². The summed E-state index contributed by atoms with van der Waals surface area (Å²) in [4.78, 5) is 31.9. The zero-order chi connectivity index (χ0) is 22.5. The van der Waals surface area contributed by atoms with Gasteiger partial charge in [-0.3, -0.25) is 9.59 Å². The van der Waals surface area contributed by atoms with Crippen LogP contribution in [0.15, 0.2) is 53.9 Å². The molecule has 5 nitrogen and oxygen atoms in total. The first-order valence-corrected chi connectivity index (χ1v) is 12.1. The van der Waals surface area contributed by atoms with Crippen molar-refractivity contribution < 1.29 is 9.59 Å². The van der Waals surface area contributed by atoms with E-state index in [9.17, 15) is 9.59 Å². The number of carbonyl (C=O) groups is 2. The number of benzene rings is 2. The third kappa shape index (κ3) is 5.56. The van der Waals surface area contributed by atoms with Gasteiger partial charge < -0.3 is 10.2 Å². The number of hydrogen-bond donors (Lipinski definition) is 1. The maximum Gasteiger partial charge on any atom is 0.253 e. The first-order valence-electron chi connectivity index (χ1n) is 10.8. The van der Waals surface area contributed by atoms with E-state index in [1.807, 2.05) is 0 Å². The molecule has 0 saturated carbocycles. The topological polar surface area (TPSA) is 62.3 Å². The summed E-state index contributed by atoms with van der Waals surface area (Å²) in [6.45, 7) is 3.73. The van der Waals surface area contributed by atoms with E-state index in [0.29, 0.717) is 36.6 Å². The van der Waals surface area contributed by atoms with Gasteiger partial charge in [0.05, 0.1) is 11.6 Å². The molecule has 2 aromatic carbocycles. The molecule has 1 N–H and O–H groups in total. The highest BCUT2D eigenvalue weighted by atomic mass is 35.5. The molecule has 2 amide bonds. The lowest BCUT2D eigenvalue weighted by Gasteiger charge is -2.32. The first kappa shape index (κ1) is 22.5. The number of amides is 2. The van der Waals surface area contributed by atoms with Gasteiger partial charge in [-0.15, -0.1) is 11.3 Å². The van der Waals surface area contributed by atoms with Crippen LogP contribution >= 0.6 is 22.9 Å². The molecule has 1 aliphatic rings. The van der Waals surface area contributed by atoms with Crippen LogP contribution in [-0.4, -0.2) is 41.3 Å². The van der Waals surface area contributed by atoms with E-state index in [-0.39, 0.29) is 17.7 Å². The highest BCUT2D eigenvalue weighted by Crippen LogP contribution is 2.24. The van der Waals surface area contributed by atoms with Crippen LogP contribution in [0.3, 0.4) is 0 Å². The molecule has 166 valence electrons. The number of aryl methyl sites for hydroxylation is 1. The van der Waals surface area contributed by atoms with Gasteiger partial charge in [-0.25, -0.2) is 4.98 Å². The van der Waals surface area contributed by atoms with Gasteiger partial charge in [-0.05, 0) is 44.0 Å². The number of hydrogen-bond acceptors (Lipinski definition) is 4. The number of likely N-dealkylation sites (tertiary alicyclic amines) is 1. The van der Waals surface area contributed by atoms with Crippen molar-refractivity contribution in [3.05, 3.63) is 75.8 Å². The molecule has 4 rings (SSSR count). The smallest absolute Gasteiger partial charge is 0.253 e. The molecule has 0 radical (unpaired) electrons. The van der Waals surface area contributed by atoms with Crippen molar-refractivity contribution in [3.63, 3.8) is 0 Å². The average Bonchev–Trinajstić information content (AvgIpc) is 3.28. The van der Waals surface area contributed by atoms with Crippen LogP contribution in [0.5, 0.6) is 0 Å². The number of thiazole rings is 1. The minimum atomic E-state index is -0.182. The number of carbonyl (C=O) groups excluding carboxylic acids is 2. The summed E-state index contributed by atoms with van der Waals surface area (Å²) in [5.41, 5.74) is 3.92. The van der Waals surface area contributed by atoms with E-state index in [0.717, 1.165) is 29.1 Å². The lowest BCUT2D eigenvalue weighted by Crippen LogP contribution is -2.45. The largest absolute Gasteiger partial charge is 0.355 e. The van der Waals surface area contributed by atoms with E-state index in [1.54, 1.807) is 40.5 Å². The van der Waals surface area contributed by atoms with Crippen LogP contribution in [0.25, 0.3) is 10.6 Å². The van der Waals surface area contributed by atoms with Crippen LogP contribution in [0.1, 0.15) is 34.5 Å². The Morgan fingerprint density at radius 1 is 1.16 bits per heavy atom. The summed E-state index contributed by atoms with van der Waals surface area (Å²) in [5, 5.41) is 6.68. The standard InChI is InChI=1S/C25H26ClN3O2S/c1-17-4-6-18(7-5-17)24-28-22(16-32-24)12-13-27-23(30)20-3-2-14-29(15-20)25(31)19-8-10-21(26)11-9-19/h4-11,16,20H,2-3,12-15H2,1H3,(H,27,30). The summed E-state index contributed by atoms with van der Waals surface area (Å²) in [5.74, 6) is -0.226. The lowest BCUT2D eigenvalue weighted by molar-refractivity contribution is -0.126. The molecule has 1 fully saturated rings. The number of rotatable bonds is 6. The maximum absolute atomic E-state index is 12.8. The summed E-state index contributed by atoms with van der Waals surface area (Å²) in [6.07, 6.45) is 2.31. The van der Waals surface area contributed by atoms with Crippen LogP contribution in [0.4, 0.5) is 0 Å². The number of nitrogens with zero attached hydrogens (tertiary/aromatic N) is 2. The molecular weight excluding hydrogens is 442 g/mol. The molecule has 2 heterocycles. The maximum atomic E-state index is 12.8. The molecule has 0 bridgehead atoms. The van der Waals surface area contributed by atoms with Crippen molar-refractivity contribution in [1.29, 1.82) is 0 Å². The fraction of sp³-hybridized carbons (Fsp3) is 0.320. The Balaban J connectivity index is 1.27. The predicted molar refractivity (Wildman–Crippen MR) is 129 cm³/mol. The summed E-state index contributed by atoms with van der Waals surface area (Å²) in [7, 11) is 0. The normalized spacial score (nSPS) is 16.1. The molecule has 3 aromatic rings. The summed E-state index contributed by atoms with van der Waals surface area (Å²) < 4.78 is 0. The van der Waals surface area contributed by atoms with Gasteiger partial charge in [0.15, 0.2) is 0 Å². The van der Waals surface area contributed by atoms with Crippen molar-refractivity contribution in [2.45, 2.75) is 26.2 Å². The van der Waals surface area contributed by atoms with Crippen molar-refractivity contribution in [2.24, 2.45) is 5.92 Å². The molecule has 1 atom stereocenters. The van der Waals surface area contributed by atoms with Gasteiger partial charge in [0, 0.05) is 47.6 Å². The second kappa shape index (κ2) is 10.3. The quantitative estimate of drug-likeness (QED) is 0.556. The zero-order valence-corrected chi connectivity index (χ0v) is 19.6. The fourth-order valence-corrected chi connectivity index (χ4v) is 4.85. The Labute approximate surface area is 197 Å². The molecule has 1 unspecified atom stereocenters. The van der Waals surface area contributed by atoms with Crippen LogP contribution in [0, 0.1) is 12.8 Å². The average molecular weight is 468 g/mol. The Morgan fingerprint density at radius 2 is 1.91 bits per heavy atom. The molecule has 1 aliphatic heterocycles. The summed E-state index contributed by atoms with van der Waals surface area (Å²) in [6, 6.07) is 15.2. The third-order valence-corrected chi connectivity index (χ3v) is 6.89. The van der Waals surface area contributed by atoms with E-state index >= 15 is 0 Å². The Hall–Kier alpha value is -2.70. The number of piperidine rings is 1. The second-order valence-corrected chi connectivity index (χ2v) is 9.44. The van der Waals surface area contributed by atoms with Gasteiger partial charge in [0.2, 0.25) is 5.91 Å². The minimum Gasteiger partial charge on any atom is -0.355 e. The lowest BCUT2D eigenvalue weighted by atomic mass is 9.96. The third-order valence-electron chi connectivity index (χ3n) is 5.70. The van der Waals surface area contributed by atoms with E-state index < -0.39 is 0 Å². The molecule has 1 aromatic heterocycles. The monoisotopic (exact) mass is 467 g/mol. The number of aromatic nitrogens is 1. The SMILES string of the molecule is Cc1ccc(-c2nc(CCNC(=O)C3CCCN(C(=O)c4ccc(Cl)cc4)C3)cs2)cc1. The fourth-order valence-electron chi connectivity index (χ4n) is 3.86. The highest BCUT2D eigenvalue weighted by Gasteiger charge is 2.28. The van der Waals surface area contributed by atoms with Gasteiger partial charge >= 0.3 is 0 Å². The zero-order valence-electron chi connectivity index (χ0n) is 18.0. The highest BCUT2D eigenvalue weighted by molar-refractivity contribution is 7.13. The van der Waals surface area contributed by atoms with Crippen molar-refractivity contribution >= 4 is 34.8 Å². The number of nitrogens with one attached hydrogen (secondary N) is 1. The Morgan fingerprint density at radius 3 is 2.66 bits per heavy atom. The van der Waals surface area contributed by atoms with Crippen LogP contribution < -0.4 is 5.32 Å². The second-order valence-electron chi connectivity index (χ2n) is 8.15. The predicted octanol–water partition coefficient (Wildman–Crippen LogP) is 4.98. The van der Waals surface area contributed by atoms with Crippen molar-refractivity contribution in [3.8, 4) is 10.6 Å². The van der Waals surface area contributed by atoms with Crippen molar-refractivity contribution in [1.82, 2.24) is 15.2 Å². The Bertz CT molecular complexity index is 1080. The Kier molecular flexibility index (Phi) is 7.22. The molecule has 1 saturated heterocycles. The number of halogens is 1. The van der Waals surface area contributed by atoms with E-state index in [1.165, 1.54) is 5.56 Å². The molecule has 32 heavy (non-hydrogen) atoms. The van der Waals surface area contributed by atoms with E-state index in [4.69, 9.17) is 16.6 Å². The van der Waals surface area contributed by atoms with Gasteiger partial charge in [-0.1, -0.05) is 41.4 Å². The molecule has 0 aliphatic carbocycles. The van der Waals surface area contributed by atoms with Crippen LogP contribution in [-0.2, 0) is 11.2 Å². The van der Waals surface area contributed by atoms with Gasteiger partial charge in [-0.2, -0.15) is 0 Å². The molecule has 0 spiro atoms. The van der Waals surface area contributed by atoms with E-state index in [2.05, 4.69) is 41.9 Å². The first-order chi connectivity index (χ1) is 15.5. The minimum absolute atomic E-state index is 0.00703. The van der Waals surface area contributed by atoms with Gasteiger partial charge in [0.1, 0.15) is 5.01 Å².